The summed E-state index contributed by atoms with van der Waals surface area (Å²) in [6, 6.07) is 0. The SMILES string of the molecule is [CH2]CCCCCCC.[CH2]CCCCCCC.[O]C(=O)/C=C\C(=O)O.[O]C(=O)/C=C\C(=O)O.[Sn]. The molecule has 0 rings (SSSR count). The number of carbonyl (C=O) groups is 4. The maximum absolute atomic E-state index is 9.53. The number of unbranched alkanes of at least 4 members (excludes halogenated alkanes) is 10. The molecule has 188 valence electrons. The Hall–Kier alpha value is -1.84. The Bertz CT molecular complexity index is 427. The molecule has 2 N–H and O–H groups in total. The molecule has 0 saturated heterocycles. The molecule has 0 saturated carbocycles. The minimum atomic E-state index is -1.51. The average Bonchev–Trinajstić information content (AvgIpc) is 2.73. The average molecular weight is 575 g/mol. The first-order valence-corrected chi connectivity index (χ1v) is 10.9. The summed E-state index contributed by atoms with van der Waals surface area (Å²) in [6.45, 7) is 12.0. The Labute approximate surface area is 216 Å². The number of hydrogen-bond donors (Lipinski definition) is 2. The van der Waals surface area contributed by atoms with Crippen LogP contribution in [0.25, 0.3) is 0 Å². The molecule has 0 aromatic heterocycles. The van der Waals surface area contributed by atoms with Crippen LogP contribution < -0.4 is 0 Å². The van der Waals surface area contributed by atoms with Crippen LogP contribution in [0.5, 0.6) is 0 Å². The largest absolute Gasteiger partial charge is 0.478 e. The van der Waals surface area contributed by atoms with Crippen LogP contribution in [0.2, 0.25) is 0 Å². The van der Waals surface area contributed by atoms with Crippen molar-refractivity contribution in [2.75, 3.05) is 0 Å². The monoisotopic (exact) mass is 576 g/mol. The summed E-state index contributed by atoms with van der Waals surface area (Å²) in [5.41, 5.74) is 0. The third-order valence-electron chi connectivity index (χ3n) is 3.43. The van der Waals surface area contributed by atoms with Crippen molar-refractivity contribution < 1.29 is 39.6 Å². The molecule has 0 bridgehead atoms. The molecular weight excluding hydrogens is 535 g/mol. The van der Waals surface area contributed by atoms with Crippen molar-refractivity contribution in [3.8, 4) is 0 Å². The molecule has 0 unspecified atom stereocenters. The second-order valence-electron chi connectivity index (χ2n) is 6.52. The van der Waals surface area contributed by atoms with Crippen LogP contribution in [-0.2, 0) is 29.4 Å². The molecule has 0 heterocycles. The fraction of sp³-hybridized carbons (Fsp3) is 0.583. The molecule has 8 nitrogen and oxygen atoms in total. The van der Waals surface area contributed by atoms with Gasteiger partial charge in [0.2, 0.25) is 0 Å². The third kappa shape index (κ3) is 72.5. The molecular formula is C24H40O8Sn. The van der Waals surface area contributed by atoms with E-state index in [1.165, 1.54) is 64.2 Å². The van der Waals surface area contributed by atoms with E-state index in [1.807, 2.05) is 0 Å². The van der Waals surface area contributed by atoms with Gasteiger partial charge in [-0.2, -0.15) is 0 Å². The van der Waals surface area contributed by atoms with E-state index in [0.717, 1.165) is 12.8 Å². The first kappa shape index (κ1) is 41.4. The number of hydrogen-bond acceptors (Lipinski definition) is 4. The van der Waals surface area contributed by atoms with E-state index in [9.17, 15) is 29.4 Å². The number of carboxylic acids is 2. The predicted octanol–water partition coefficient (Wildman–Crippen LogP) is 5.15. The third-order valence-corrected chi connectivity index (χ3v) is 3.43. The van der Waals surface area contributed by atoms with Gasteiger partial charge in [0.15, 0.2) is 0 Å². The van der Waals surface area contributed by atoms with Gasteiger partial charge in [-0.25, -0.2) is 29.4 Å². The summed E-state index contributed by atoms with van der Waals surface area (Å²) in [5, 5.41) is 34.5. The van der Waals surface area contributed by atoms with Gasteiger partial charge in [-0.15, -0.1) is 0 Å². The number of rotatable bonds is 14. The van der Waals surface area contributed by atoms with Crippen molar-refractivity contribution in [1.82, 2.24) is 0 Å². The van der Waals surface area contributed by atoms with Gasteiger partial charge in [-0.05, 0) is 0 Å². The molecule has 0 aliphatic rings. The first-order valence-electron chi connectivity index (χ1n) is 10.9. The summed E-state index contributed by atoms with van der Waals surface area (Å²) in [6.07, 6.45) is 17.8. The first-order chi connectivity index (χ1) is 15.1. The Kier molecular flexibility index (Phi) is 47.0. The van der Waals surface area contributed by atoms with Gasteiger partial charge in [0.05, 0.1) is 0 Å². The van der Waals surface area contributed by atoms with Crippen molar-refractivity contribution >= 4 is 47.8 Å². The normalized spacial score (nSPS) is 9.33. The molecule has 0 aliphatic carbocycles. The molecule has 0 aromatic carbocycles. The van der Waals surface area contributed by atoms with Gasteiger partial charge in [-0.1, -0.05) is 105 Å². The van der Waals surface area contributed by atoms with Crippen molar-refractivity contribution in [1.29, 1.82) is 0 Å². The van der Waals surface area contributed by atoms with E-state index in [-0.39, 0.29) is 23.9 Å². The fourth-order valence-corrected chi connectivity index (χ4v) is 1.84. The van der Waals surface area contributed by atoms with E-state index >= 15 is 0 Å². The summed E-state index contributed by atoms with van der Waals surface area (Å²) in [7, 11) is 0. The second kappa shape index (κ2) is 37.5. The molecule has 0 atom stereocenters. The van der Waals surface area contributed by atoms with Gasteiger partial charge < -0.3 is 10.2 Å². The number of carboxylic acid groups (broad SMARTS) is 2. The quantitative estimate of drug-likeness (QED) is 0.166. The summed E-state index contributed by atoms with van der Waals surface area (Å²) >= 11 is 0. The number of carbonyl (C=O) groups excluding carboxylic acids is 2. The van der Waals surface area contributed by atoms with E-state index in [2.05, 4.69) is 27.7 Å². The zero-order valence-corrected chi connectivity index (χ0v) is 22.9. The maximum Gasteiger partial charge on any atom is 0.379 e. The van der Waals surface area contributed by atoms with Crippen LogP contribution in [0.3, 0.4) is 0 Å². The molecule has 0 aliphatic heterocycles. The molecule has 0 aromatic rings. The van der Waals surface area contributed by atoms with E-state index in [4.69, 9.17) is 10.2 Å². The molecule has 0 fully saturated rings. The Morgan fingerprint density at radius 3 is 1.00 bits per heavy atom. The number of aliphatic carboxylic acids is 2. The van der Waals surface area contributed by atoms with Crippen LogP contribution in [0.15, 0.2) is 24.3 Å². The van der Waals surface area contributed by atoms with Crippen molar-refractivity contribution in [3.63, 3.8) is 0 Å². The fourth-order valence-electron chi connectivity index (χ4n) is 1.84. The van der Waals surface area contributed by atoms with Crippen LogP contribution in [0, 0.1) is 13.8 Å². The predicted molar refractivity (Wildman–Crippen MR) is 128 cm³/mol. The zero-order valence-electron chi connectivity index (χ0n) is 20.1. The summed E-state index contributed by atoms with van der Waals surface area (Å²) < 4.78 is 0. The van der Waals surface area contributed by atoms with E-state index in [1.54, 1.807) is 0 Å². The van der Waals surface area contributed by atoms with Crippen molar-refractivity contribution in [2.45, 2.75) is 90.9 Å². The zero-order chi connectivity index (χ0) is 25.6. The molecule has 0 spiro atoms. The smallest absolute Gasteiger partial charge is 0.379 e. The Balaban J connectivity index is -0.000000105. The van der Waals surface area contributed by atoms with E-state index < -0.39 is 23.9 Å². The van der Waals surface area contributed by atoms with Gasteiger partial charge in [-0.3, -0.25) is 0 Å². The van der Waals surface area contributed by atoms with Crippen molar-refractivity contribution in [3.05, 3.63) is 38.2 Å². The Morgan fingerprint density at radius 1 is 0.576 bits per heavy atom. The summed E-state index contributed by atoms with van der Waals surface area (Å²) in [5.74, 6) is -5.61. The van der Waals surface area contributed by atoms with Gasteiger partial charge in [0.1, 0.15) is 0 Å². The minimum absolute atomic E-state index is 0. The molecule has 0 amide bonds. The molecule has 8 radical (unpaired) electrons. The van der Waals surface area contributed by atoms with Crippen molar-refractivity contribution in [2.24, 2.45) is 0 Å². The molecule has 33 heavy (non-hydrogen) atoms. The van der Waals surface area contributed by atoms with Crippen LogP contribution in [0.4, 0.5) is 0 Å². The standard InChI is InChI=1S/2C8H17.2C4H3O4.Sn/c2*1-3-5-7-8-6-4-2;2*5-3(6)1-2-4(7)8;/h2*1,3-8H2,2H3;2*1-2H,(H,5,6);/b;;2*2-1-;. The van der Waals surface area contributed by atoms with Crippen LogP contribution in [0.1, 0.15) is 90.9 Å². The summed E-state index contributed by atoms with van der Waals surface area (Å²) in [4.78, 5) is 37.9. The Morgan fingerprint density at radius 2 is 0.848 bits per heavy atom. The second-order valence-corrected chi connectivity index (χ2v) is 6.52. The maximum atomic E-state index is 9.53. The van der Waals surface area contributed by atoms with Gasteiger partial charge in [0, 0.05) is 48.2 Å². The van der Waals surface area contributed by atoms with Crippen LogP contribution >= 0.6 is 0 Å². The van der Waals surface area contributed by atoms with Gasteiger partial charge >= 0.3 is 23.9 Å². The van der Waals surface area contributed by atoms with Gasteiger partial charge in [0.25, 0.3) is 0 Å². The molecule has 9 heteroatoms. The minimum Gasteiger partial charge on any atom is -0.478 e. The van der Waals surface area contributed by atoms with Crippen LogP contribution in [-0.4, -0.2) is 58.0 Å². The van der Waals surface area contributed by atoms with E-state index in [0.29, 0.717) is 24.3 Å². The topological polar surface area (TPSA) is 149 Å².